The molecule has 6 heteroatoms. The van der Waals surface area contributed by atoms with Gasteiger partial charge in [0, 0.05) is 25.4 Å². The minimum Gasteiger partial charge on any atom is -0.481 e. The first-order valence-electron chi connectivity index (χ1n) is 4.87. The van der Waals surface area contributed by atoms with Gasteiger partial charge in [-0.3, -0.25) is 14.5 Å². The normalized spacial score (nSPS) is 22.5. The van der Waals surface area contributed by atoms with E-state index in [1.165, 1.54) is 0 Å². The smallest absolute Gasteiger partial charge is 0.305 e. The second-order valence-corrected chi connectivity index (χ2v) is 4.42. The van der Waals surface area contributed by atoms with Crippen molar-refractivity contribution >= 4 is 23.6 Å². The maximum atomic E-state index is 11.5. The lowest BCUT2D eigenvalue weighted by molar-refractivity contribution is -0.143. The number of carboxylic acid groups (broad SMARTS) is 1. The molecule has 0 spiro atoms. The molecule has 0 bridgehead atoms. The molecule has 1 rings (SSSR count). The van der Waals surface area contributed by atoms with Gasteiger partial charge in [-0.1, -0.05) is 0 Å². The average molecular weight is 232 g/mol. The minimum atomic E-state index is -0.925. The van der Waals surface area contributed by atoms with E-state index in [0.717, 1.165) is 18.8 Å². The van der Waals surface area contributed by atoms with Gasteiger partial charge in [0.2, 0.25) is 5.91 Å². The van der Waals surface area contributed by atoms with Gasteiger partial charge in [0.05, 0.1) is 12.5 Å². The molecule has 1 aliphatic heterocycles. The zero-order valence-corrected chi connectivity index (χ0v) is 9.55. The zero-order valence-electron chi connectivity index (χ0n) is 8.73. The molecule has 0 aromatic rings. The third-order valence-corrected chi connectivity index (χ3v) is 2.98. The Morgan fingerprint density at radius 3 is 3.07 bits per heavy atom. The van der Waals surface area contributed by atoms with Crippen LogP contribution in [0, 0.1) is 0 Å². The molecule has 1 amide bonds. The number of rotatable bonds is 5. The Morgan fingerprint density at radius 2 is 2.47 bits per heavy atom. The van der Waals surface area contributed by atoms with Crippen LogP contribution in [-0.2, 0) is 9.59 Å². The van der Waals surface area contributed by atoms with Crippen LogP contribution in [0.25, 0.3) is 0 Å². The molecule has 0 radical (unpaired) electrons. The summed E-state index contributed by atoms with van der Waals surface area (Å²) in [5.41, 5.74) is 0. The van der Waals surface area contributed by atoms with Gasteiger partial charge in [-0.2, -0.15) is 11.8 Å². The van der Waals surface area contributed by atoms with Crippen molar-refractivity contribution in [2.24, 2.45) is 0 Å². The van der Waals surface area contributed by atoms with Gasteiger partial charge in [-0.15, -0.1) is 0 Å². The Morgan fingerprint density at radius 1 is 1.73 bits per heavy atom. The van der Waals surface area contributed by atoms with Gasteiger partial charge in [-0.25, -0.2) is 0 Å². The van der Waals surface area contributed by atoms with Crippen LogP contribution in [0.2, 0.25) is 0 Å². The van der Waals surface area contributed by atoms with Crippen molar-refractivity contribution in [1.29, 1.82) is 0 Å². The molecule has 1 atom stereocenters. The Labute approximate surface area is 93.2 Å². The molecule has 1 unspecified atom stereocenters. The molecule has 0 saturated carbocycles. The largest absolute Gasteiger partial charge is 0.481 e. The molecule has 15 heavy (non-hydrogen) atoms. The van der Waals surface area contributed by atoms with Crippen molar-refractivity contribution < 1.29 is 14.7 Å². The second kappa shape index (κ2) is 5.97. The van der Waals surface area contributed by atoms with Crippen LogP contribution in [0.15, 0.2) is 0 Å². The summed E-state index contributed by atoms with van der Waals surface area (Å²) in [5, 5.41) is 11.4. The number of hydrogen-bond acceptors (Lipinski definition) is 4. The first-order valence-corrected chi connectivity index (χ1v) is 6.27. The van der Waals surface area contributed by atoms with Crippen molar-refractivity contribution in [1.82, 2.24) is 10.2 Å². The zero-order chi connectivity index (χ0) is 11.3. The SMILES string of the molecule is CSCCN1CCNC(=O)C1CC(=O)O. The third kappa shape index (κ3) is 3.71. The maximum absolute atomic E-state index is 11.5. The van der Waals surface area contributed by atoms with Crippen molar-refractivity contribution in [3.05, 3.63) is 0 Å². The summed E-state index contributed by atoms with van der Waals surface area (Å²) >= 11 is 1.70. The first-order chi connectivity index (χ1) is 7.15. The monoisotopic (exact) mass is 232 g/mol. The standard InChI is InChI=1S/C9H16N2O3S/c1-15-5-4-11-3-2-10-9(14)7(11)6-8(12)13/h7H,2-6H2,1H3,(H,10,14)(H,12,13). The van der Waals surface area contributed by atoms with E-state index in [-0.39, 0.29) is 12.3 Å². The van der Waals surface area contributed by atoms with E-state index >= 15 is 0 Å². The number of hydrogen-bond donors (Lipinski definition) is 2. The van der Waals surface area contributed by atoms with Gasteiger partial charge in [-0.05, 0) is 6.26 Å². The van der Waals surface area contributed by atoms with Gasteiger partial charge in [0.1, 0.15) is 0 Å². The molecule has 1 fully saturated rings. The van der Waals surface area contributed by atoms with Gasteiger partial charge >= 0.3 is 5.97 Å². The Bertz CT molecular complexity index is 248. The number of nitrogens with one attached hydrogen (secondary N) is 1. The number of piperazine rings is 1. The summed E-state index contributed by atoms with van der Waals surface area (Å²) in [4.78, 5) is 24.0. The van der Waals surface area contributed by atoms with E-state index in [1.54, 1.807) is 11.8 Å². The predicted molar refractivity (Wildman–Crippen MR) is 59.0 cm³/mol. The van der Waals surface area contributed by atoms with Gasteiger partial charge in [0.15, 0.2) is 0 Å². The summed E-state index contributed by atoms with van der Waals surface area (Å²) in [6.07, 6.45) is 1.89. The van der Waals surface area contributed by atoms with Gasteiger partial charge in [0.25, 0.3) is 0 Å². The fourth-order valence-corrected chi connectivity index (χ4v) is 2.04. The summed E-state index contributed by atoms with van der Waals surface area (Å²) in [6.45, 7) is 2.13. The Hall–Kier alpha value is -0.750. The van der Waals surface area contributed by atoms with E-state index < -0.39 is 12.0 Å². The quantitative estimate of drug-likeness (QED) is 0.676. The highest BCUT2D eigenvalue weighted by Gasteiger charge is 2.30. The van der Waals surface area contributed by atoms with E-state index in [1.807, 2.05) is 11.2 Å². The van der Waals surface area contributed by atoms with Crippen molar-refractivity contribution in [2.45, 2.75) is 12.5 Å². The van der Waals surface area contributed by atoms with Crippen LogP contribution in [0.5, 0.6) is 0 Å². The lowest BCUT2D eigenvalue weighted by atomic mass is 10.1. The molecule has 0 aromatic carbocycles. The lowest BCUT2D eigenvalue weighted by Gasteiger charge is -2.33. The molecule has 1 heterocycles. The molecule has 1 aliphatic rings. The highest BCUT2D eigenvalue weighted by atomic mass is 32.2. The summed E-state index contributed by atoms with van der Waals surface area (Å²) in [7, 11) is 0. The summed E-state index contributed by atoms with van der Waals surface area (Å²) in [6, 6.07) is -0.497. The molecule has 2 N–H and O–H groups in total. The molecule has 0 aliphatic carbocycles. The number of carbonyl (C=O) groups excluding carboxylic acids is 1. The van der Waals surface area contributed by atoms with Crippen LogP contribution >= 0.6 is 11.8 Å². The fraction of sp³-hybridized carbons (Fsp3) is 0.778. The molecule has 86 valence electrons. The highest BCUT2D eigenvalue weighted by molar-refractivity contribution is 7.98. The number of thioether (sulfide) groups is 1. The van der Waals surface area contributed by atoms with Crippen molar-refractivity contribution in [3.63, 3.8) is 0 Å². The summed E-state index contributed by atoms with van der Waals surface area (Å²) < 4.78 is 0. The number of carboxylic acids is 1. The number of amides is 1. The maximum Gasteiger partial charge on any atom is 0.305 e. The van der Waals surface area contributed by atoms with Crippen LogP contribution in [0.1, 0.15) is 6.42 Å². The average Bonchev–Trinajstić information content (AvgIpc) is 2.18. The van der Waals surface area contributed by atoms with E-state index in [0.29, 0.717) is 6.54 Å². The van der Waals surface area contributed by atoms with Gasteiger partial charge < -0.3 is 10.4 Å². The molecule has 5 nitrogen and oxygen atoms in total. The lowest BCUT2D eigenvalue weighted by Crippen LogP contribution is -2.56. The Kier molecular flexibility index (Phi) is 4.90. The van der Waals surface area contributed by atoms with E-state index in [2.05, 4.69) is 5.32 Å². The highest BCUT2D eigenvalue weighted by Crippen LogP contribution is 2.09. The first kappa shape index (κ1) is 12.3. The molecular weight excluding hydrogens is 216 g/mol. The minimum absolute atomic E-state index is 0.111. The molecular formula is C9H16N2O3S. The van der Waals surface area contributed by atoms with Crippen LogP contribution in [-0.4, -0.2) is 59.6 Å². The van der Waals surface area contributed by atoms with Crippen LogP contribution in [0.4, 0.5) is 0 Å². The number of aliphatic carboxylic acids is 1. The number of carbonyl (C=O) groups is 2. The van der Waals surface area contributed by atoms with Crippen LogP contribution in [0.3, 0.4) is 0 Å². The predicted octanol–water partition coefficient (Wildman–Crippen LogP) is -0.375. The Balaban J connectivity index is 2.55. The second-order valence-electron chi connectivity index (χ2n) is 3.43. The summed E-state index contributed by atoms with van der Waals surface area (Å²) in [5.74, 6) is -0.167. The molecule has 0 aromatic heterocycles. The fourth-order valence-electron chi connectivity index (χ4n) is 1.63. The van der Waals surface area contributed by atoms with Crippen molar-refractivity contribution in [3.8, 4) is 0 Å². The third-order valence-electron chi connectivity index (χ3n) is 2.39. The number of nitrogens with zero attached hydrogens (tertiary/aromatic N) is 1. The van der Waals surface area contributed by atoms with Crippen LogP contribution < -0.4 is 5.32 Å². The van der Waals surface area contributed by atoms with E-state index in [4.69, 9.17) is 5.11 Å². The molecule has 1 saturated heterocycles. The van der Waals surface area contributed by atoms with Crippen molar-refractivity contribution in [2.75, 3.05) is 31.6 Å². The topological polar surface area (TPSA) is 69.6 Å². The van der Waals surface area contributed by atoms with E-state index in [9.17, 15) is 9.59 Å².